The number of amides is 1. The summed E-state index contributed by atoms with van der Waals surface area (Å²) < 4.78 is 34.1. The Morgan fingerprint density at radius 3 is 2.33 bits per heavy atom. The number of nitrogens with zero attached hydrogens (tertiary/aromatic N) is 2. The van der Waals surface area contributed by atoms with Crippen LogP contribution < -0.4 is 9.62 Å². The fraction of sp³-hybridized carbons (Fsp3) is 0.212. The summed E-state index contributed by atoms with van der Waals surface area (Å²) in [5.74, 6) is -0.380. The molecule has 4 rings (SSSR count). The molecule has 0 aliphatic rings. The van der Waals surface area contributed by atoms with E-state index in [1.807, 2.05) is 37.4 Å². The highest BCUT2D eigenvalue weighted by Crippen LogP contribution is 2.32. The number of anilines is 1. The number of carbonyl (C=O) groups is 2. The van der Waals surface area contributed by atoms with Crippen molar-refractivity contribution in [3.05, 3.63) is 124 Å². The molecule has 0 spiro atoms. The van der Waals surface area contributed by atoms with E-state index in [1.165, 1.54) is 29.6 Å². The average Bonchev–Trinajstić information content (AvgIpc) is 3.05. The van der Waals surface area contributed by atoms with Gasteiger partial charge in [0, 0.05) is 17.7 Å². The number of aryl methyl sites for hydroxylation is 1. The molecule has 1 amide bonds. The molecular weight excluding hydrogens is 615 g/mol. The molecule has 234 valence electrons. The van der Waals surface area contributed by atoms with E-state index >= 15 is 0 Å². The Balaban J connectivity index is 1.80. The average molecular weight is 648 g/mol. The molecule has 0 radical (unpaired) electrons. The Labute approximate surface area is 266 Å². The molecule has 0 bridgehead atoms. The fourth-order valence-electron chi connectivity index (χ4n) is 4.81. The number of thioether (sulfide) groups is 1. The van der Waals surface area contributed by atoms with Crippen LogP contribution in [0.2, 0.25) is 0 Å². The van der Waals surface area contributed by atoms with Gasteiger partial charge in [0.1, 0.15) is 6.04 Å². The number of nitrogens with one attached hydrogen (secondary N) is 1. The number of nitro benzene ring substituents is 1. The Hall–Kier alpha value is -4.68. The van der Waals surface area contributed by atoms with Crippen molar-refractivity contribution in [1.82, 2.24) is 5.32 Å². The minimum absolute atomic E-state index is 0.131. The van der Waals surface area contributed by atoms with Gasteiger partial charge in [-0.2, -0.15) is 11.8 Å². The first kappa shape index (κ1) is 33.2. The van der Waals surface area contributed by atoms with Gasteiger partial charge in [-0.25, -0.2) is 13.2 Å². The van der Waals surface area contributed by atoms with Gasteiger partial charge < -0.3 is 10.1 Å². The first-order chi connectivity index (χ1) is 21.6. The number of hydrogen-bond donors (Lipinski definition) is 1. The quantitative estimate of drug-likeness (QED) is 0.106. The van der Waals surface area contributed by atoms with Gasteiger partial charge in [-0.1, -0.05) is 54.6 Å². The molecule has 12 heteroatoms. The number of carbonyl (C=O) groups excluding carboxylic acids is 2. The Morgan fingerprint density at radius 2 is 1.67 bits per heavy atom. The van der Waals surface area contributed by atoms with Crippen molar-refractivity contribution in [2.45, 2.75) is 30.8 Å². The summed E-state index contributed by atoms with van der Waals surface area (Å²) in [6.07, 6.45) is 2.29. The van der Waals surface area contributed by atoms with E-state index < -0.39 is 32.9 Å². The summed E-state index contributed by atoms with van der Waals surface area (Å²) in [5.41, 5.74) is 3.09. The lowest BCUT2D eigenvalue weighted by atomic mass is 9.93. The van der Waals surface area contributed by atoms with E-state index in [1.54, 1.807) is 60.3 Å². The van der Waals surface area contributed by atoms with Gasteiger partial charge in [0.15, 0.2) is 0 Å². The Bertz CT molecular complexity index is 1800. The van der Waals surface area contributed by atoms with Crippen molar-refractivity contribution < 1.29 is 27.7 Å². The van der Waals surface area contributed by atoms with Crippen LogP contribution in [0.5, 0.6) is 0 Å². The highest BCUT2D eigenvalue weighted by Gasteiger charge is 2.28. The topological polar surface area (TPSA) is 136 Å². The zero-order valence-electron chi connectivity index (χ0n) is 25.0. The number of ether oxygens (including phenoxy) is 1. The van der Waals surface area contributed by atoms with E-state index in [0.717, 1.165) is 17.2 Å². The molecule has 0 aliphatic heterocycles. The summed E-state index contributed by atoms with van der Waals surface area (Å²) in [6.45, 7) is 1.77. The molecule has 45 heavy (non-hydrogen) atoms. The Morgan fingerprint density at radius 1 is 0.956 bits per heavy atom. The molecule has 0 saturated heterocycles. The van der Waals surface area contributed by atoms with Crippen LogP contribution >= 0.6 is 11.8 Å². The second-order valence-corrected chi connectivity index (χ2v) is 13.0. The number of para-hydroxylation sites is 1. The maximum Gasteiger partial charge on any atom is 0.328 e. The first-order valence-electron chi connectivity index (χ1n) is 14.0. The number of rotatable bonds is 13. The van der Waals surface area contributed by atoms with Crippen molar-refractivity contribution in [3.8, 4) is 11.1 Å². The van der Waals surface area contributed by atoms with Gasteiger partial charge in [0.05, 0.1) is 29.2 Å². The first-order valence-corrected chi connectivity index (χ1v) is 16.8. The van der Waals surface area contributed by atoms with Crippen LogP contribution in [-0.2, 0) is 26.1 Å². The van der Waals surface area contributed by atoms with E-state index in [-0.39, 0.29) is 17.1 Å². The lowest BCUT2D eigenvalue weighted by molar-refractivity contribution is -0.385. The predicted octanol–water partition coefficient (Wildman–Crippen LogP) is 5.99. The number of methoxy groups -OCH3 is 1. The third-order valence-corrected chi connectivity index (χ3v) is 9.57. The normalized spacial score (nSPS) is 11.8. The smallest absolute Gasteiger partial charge is 0.328 e. The van der Waals surface area contributed by atoms with Gasteiger partial charge in [-0.05, 0) is 77.9 Å². The second kappa shape index (κ2) is 14.9. The van der Waals surface area contributed by atoms with Crippen molar-refractivity contribution in [3.63, 3.8) is 0 Å². The van der Waals surface area contributed by atoms with Gasteiger partial charge in [-0.3, -0.25) is 19.2 Å². The number of esters is 1. The molecular formula is C33H33N3O7S2. The number of sulfonamides is 1. The standard InChI is InChI=1S/C33H33N3O7S2/c1-23-10-7-8-15-28(23)30-20-24(16-17-29(30)32(37)34-31(18-19-44-3)33(38)43-2)22-35(25-11-5-4-6-12-25)45(41,42)27-14-9-13-26(21-27)36(39)40/h4-17,20-21,31H,18-19,22H2,1-3H3,(H,34,37). The maximum atomic E-state index is 14.0. The van der Waals surface area contributed by atoms with Gasteiger partial charge in [0.25, 0.3) is 21.6 Å². The van der Waals surface area contributed by atoms with Crippen molar-refractivity contribution >= 4 is 45.0 Å². The van der Waals surface area contributed by atoms with E-state index in [4.69, 9.17) is 4.74 Å². The molecule has 1 atom stereocenters. The molecule has 0 aromatic heterocycles. The molecule has 4 aromatic carbocycles. The maximum absolute atomic E-state index is 14.0. The number of hydrogen-bond acceptors (Lipinski definition) is 8. The zero-order chi connectivity index (χ0) is 32.6. The van der Waals surface area contributed by atoms with E-state index in [0.29, 0.717) is 34.6 Å². The van der Waals surface area contributed by atoms with Crippen LogP contribution in [0.4, 0.5) is 11.4 Å². The van der Waals surface area contributed by atoms with Crippen LogP contribution in [0, 0.1) is 17.0 Å². The van der Waals surface area contributed by atoms with E-state index in [9.17, 15) is 28.1 Å². The van der Waals surface area contributed by atoms with Crippen LogP contribution in [0.15, 0.2) is 102 Å². The van der Waals surface area contributed by atoms with Gasteiger partial charge in [-0.15, -0.1) is 0 Å². The minimum Gasteiger partial charge on any atom is -0.467 e. The Kier molecular flexibility index (Phi) is 11.0. The number of nitro groups is 1. The summed E-state index contributed by atoms with van der Waals surface area (Å²) in [6, 6.07) is 25.0. The van der Waals surface area contributed by atoms with Gasteiger partial charge >= 0.3 is 5.97 Å². The van der Waals surface area contributed by atoms with Crippen LogP contribution in [0.25, 0.3) is 11.1 Å². The molecule has 1 unspecified atom stereocenters. The summed E-state index contributed by atoms with van der Waals surface area (Å²) in [4.78, 5) is 36.6. The summed E-state index contributed by atoms with van der Waals surface area (Å²) in [7, 11) is -2.99. The molecule has 0 saturated carbocycles. The van der Waals surface area contributed by atoms with Crippen LogP contribution in [0.3, 0.4) is 0 Å². The molecule has 0 aliphatic carbocycles. The predicted molar refractivity (Wildman–Crippen MR) is 176 cm³/mol. The number of non-ortho nitro benzene ring substituents is 1. The minimum atomic E-state index is -4.26. The largest absolute Gasteiger partial charge is 0.467 e. The van der Waals surface area contributed by atoms with E-state index in [2.05, 4.69) is 5.32 Å². The lowest BCUT2D eigenvalue weighted by Gasteiger charge is -2.25. The molecule has 1 N–H and O–H groups in total. The lowest BCUT2D eigenvalue weighted by Crippen LogP contribution is -2.42. The second-order valence-electron chi connectivity index (χ2n) is 10.1. The third-order valence-electron chi connectivity index (χ3n) is 7.15. The highest BCUT2D eigenvalue weighted by molar-refractivity contribution is 7.98. The monoisotopic (exact) mass is 647 g/mol. The van der Waals surface area contributed by atoms with Crippen molar-refractivity contribution in [2.75, 3.05) is 23.4 Å². The van der Waals surface area contributed by atoms with Crippen molar-refractivity contribution in [2.24, 2.45) is 0 Å². The van der Waals surface area contributed by atoms with Crippen LogP contribution in [-0.4, -0.2) is 50.4 Å². The fourth-order valence-corrected chi connectivity index (χ4v) is 6.77. The molecule has 10 nitrogen and oxygen atoms in total. The molecule has 0 fully saturated rings. The zero-order valence-corrected chi connectivity index (χ0v) is 26.6. The highest BCUT2D eigenvalue weighted by atomic mass is 32.2. The van der Waals surface area contributed by atoms with Gasteiger partial charge in [0.2, 0.25) is 0 Å². The van der Waals surface area contributed by atoms with Crippen molar-refractivity contribution in [1.29, 1.82) is 0 Å². The summed E-state index contributed by atoms with van der Waals surface area (Å²) >= 11 is 1.54. The SMILES string of the molecule is COC(=O)C(CCSC)NC(=O)c1ccc(CN(c2ccccc2)S(=O)(=O)c2cccc([N+](=O)[O-])c2)cc1-c1ccccc1C. The summed E-state index contributed by atoms with van der Waals surface area (Å²) in [5, 5.41) is 14.2. The number of benzene rings is 4. The third kappa shape index (κ3) is 7.89. The molecule has 4 aromatic rings. The van der Waals surface area contributed by atoms with Crippen LogP contribution in [0.1, 0.15) is 27.9 Å². The molecule has 0 heterocycles.